The Morgan fingerprint density at radius 2 is 1.67 bits per heavy atom. The molecule has 1 heterocycles. The van der Waals surface area contributed by atoms with Crippen molar-refractivity contribution in [3.63, 3.8) is 0 Å². The Bertz CT molecular complexity index is 2120. The van der Waals surface area contributed by atoms with E-state index in [9.17, 15) is 39.0 Å². The van der Waals surface area contributed by atoms with Crippen molar-refractivity contribution in [2.24, 2.45) is 39.4 Å². The number of aliphatic hydroxyl groups is 2. The van der Waals surface area contributed by atoms with Gasteiger partial charge >= 0.3 is 17.6 Å². The number of fused-ring (bicyclic) bond motifs is 5. The van der Waals surface area contributed by atoms with Gasteiger partial charge < -0.3 is 24.4 Å². The second kappa shape index (κ2) is 14.0. The number of methoxy groups -OCH3 is 1. The third-order valence-electron chi connectivity index (χ3n) is 14.2. The summed E-state index contributed by atoms with van der Waals surface area (Å²) in [6.45, 7) is 14.6. The van der Waals surface area contributed by atoms with E-state index in [0.717, 1.165) is 10.3 Å². The number of aromatic nitrogens is 3. The summed E-state index contributed by atoms with van der Waals surface area (Å²) in [7, 11) is 1.53. The molecular formula is C43H55N3O11. The molecule has 2 aromatic rings. The maximum atomic E-state index is 14.9. The lowest BCUT2D eigenvalue weighted by molar-refractivity contribution is -0.185. The van der Waals surface area contributed by atoms with Gasteiger partial charge in [-0.3, -0.25) is 24.0 Å². The van der Waals surface area contributed by atoms with Crippen LogP contribution in [-0.2, 0) is 40.0 Å². The predicted octanol–water partition coefficient (Wildman–Crippen LogP) is 4.11. The van der Waals surface area contributed by atoms with Crippen molar-refractivity contribution < 1.29 is 48.4 Å². The number of carbonyl (C=O) groups excluding carboxylic acids is 5. The molecule has 6 rings (SSSR count). The largest absolute Gasteiger partial charge is 0.497 e. The molecule has 4 aliphatic carbocycles. The molecule has 0 spiro atoms. The molecule has 0 bridgehead atoms. The molecule has 0 amide bonds. The molecule has 9 atom stereocenters. The number of carbonyl (C=O) groups is 5. The molecule has 57 heavy (non-hydrogen) atoms. The van der Waals surface area contributed by atoms with Crippen molar-refractivity contribution in [2.75, 3.05) is 7.11 Å². The Morgan fingerprint density at radius 1 is 1.02 bits per heavy atom. The van der Waals surface area contributed by atoms with E-state index in [1.54, 1.807) is 52.0 Å². The van der Waals surface area contributed by atoms with Crippen molar-refractivity contribution in [1.29, 1.82) is 0 Å². The lowest BCUT2D eigenvalue weighted by Gasteiger charge is -2.64. The molecule has 1 aromatic heterocycles. The number of rotatable bonds is 10. The van der Waals surface area contributed by atoms with E-state index in [0.29, 0.717) is 17.9 Å². The Hall–Kier alpha value is -4.69. The van der Waals surface area contributed by atoms with Gasteiger partial charge in [0, 0.05) is 30.1 Å². The van der Waals surface area contributed by atoms with Gasteiger partial charge in [-0.05, 0) is 113 Å². The van der Waals surface area contributed by atoms with Crippen molar-refractivity contribution >= 4 is 29.3 Å². The van der Waals surface area contributed by atoms with Crippen LogP contribution >= 0.6 is 0 Å². The lowest BCUT2D eigenvalue weighted by atomic mass is 9.38. The van der Waals surface area contributed by atoms with Gasteiger partial charge in [0.2, 0.25) is 0 Å². The quantitative estimate of drug-likeness (QED) is 0.199. The number of allylic oxidation sites excluding steroid dienone is 2. The van der Waals surface area contributed by atoms with Gasteiger partial charge in [0.05, 0.1) is 18.9 Å². The number of nitrogens with zero attached hydrogens (tertiary/aromatic N) is 3. The summed E-state index contributed by atoms with van der Waals surface area (Å²) in [4.78, 5) is 80.8. The normalized spacial score (nSPS) is 33.1. The first kappa shape index (κ1) is 41.9. The minimum Gasteiger partial charge on any atom is -0.497 e. The van der Waals surface area contributed by atoms with Gasteiger partial charge in [0.15, 0.2) is 17.7 Å². The zero-order valence-corrected chi connectivity index (χ0v) is 34.5. The van der Waals surface area contributed by atoms with Crippen LogP contribution in [0.2, 0.25) is 0 Å². The molecule has 14 heteroatoms. The zero-order chi connectivity index (χ0) is 42.3. The summed E-state index contributed by atoms with van der Waals surface area (Å²) < 4.78 is 18.5. The van der Waals surface area contributed by atoms with Gasteiger partial charge in [-0.15, -0.1) is 0 Å². The van der Waals surface area contributed by atoms with Crippen LogP contribution in [0.3, 0.4) is 0 Å². The summed E-state index contributed by atoms with van der Waals surface area (Å²) in [6, 6.07) is 6.73. The van der Waals surface area contributed by atoms with E-state index in [2.05, 4.69) is 5.10 Å². The fraction of sp³-hybridized carbons (Fsp3) is 0.605. The minimum absolute atomic E-state index is 0.0473. The summed E-state index contributed by atoms with van der Waals surface area (Å²) in [5.74, 6) is -3.76. The highest BCUT2D eigenvalue weighted by atomic mass is 16.6. The van der Waals surface area contributed by atoms with Crippen molar-refractivity contribution in [3.8, 4) is 11.4 Å². The summed E-state index contributed by atoms with van der Waals surface area (Å²) >= 11 is 0. The SMILES string of the molecule is COc1ccc(-n2cnn(CC(=O)O[C@H]3C[C@@H]4C(=CC[C@@H]5[C@@]4(C)C(=O)C[C@]4(C)[C@@H]([C@@](C)(O)C(=O)/C=C/C(C)(C)OC(C)=O)[C@H](O)C[C@@]54C)C(C)(C)C3=O)c2=O)cc1. The van der Waals surface area contributed by atoms with Crippen molar-refractivity contribution in [1.82, 2.24) is 14.3 Å². The van der Waals surface area contributed by atoms with Crippen LogP contribution in [0.25, 0.3) is 5.69 Å². The molecule has 3 saturated carbocycles. The highest BCUT2D eigenvalue weighted by molar-refractivity contribution is 5.98. The first-order valence-corrected chi connectivity index (χ1v) is 19.5. The van der Waals surface area contributed by atoms with Crippen LogP contribution < -0.4 is 10.4 Å². The van der Waals surface area contributed by atoms with E-state index in [1.807, 2.05) is 26.8 Å². The first-order valence-electron chi connectivity index (χ1n) is 19.5. The van der Waals surface area contributed by atoms with Gasteiger partial charge in [-0.1, -0.05) is 32.4 Å². The van der Waals surface area contributed by atoms with Crippen LogP contribution in [0.1, 0.15) is 88.0 Å². The third kappa shape index (κ3) is 6.62. The van der Waals surface area contributed by atoms with E-state index in [-0.39, 0.29) is 36.7 Å². The standard InChI is InChI=1S/C43H55N3O11/c1-24(47)57-38(2,3)18-17-32(49)43(9,54)35-29(48)20-40(6)31-16-15-27-28(42(31,8)33(50)21-41(35,40)7)19-30(36(52)39(27,4)5)56-34(51)22-46-37(53)45(23-44-46)25-11-13-26(55-10)14-12-25/h11-15,17-18,23,28-31,35,48,54H,16,19-22H2,1-10H3/b18-17+/t28-,29-,30+,31+,35+,40+,41-,42+,43+/m1/s1. The smallest absolute Gasteiger partial charge is 0.350 e. The van der Waals surface area contributed by atoms with Crippen LogP contribution in [-0.4, -0.2) is 84.4 Å². The number of benzene rings is 1. The van der Waals surface area contributed by atoms with E-state index >= 15 is 0 Å². The minimum atomic E-state index is -2.08. The van der Waals surface area contributed by atoms with E-state index in [4.69, 9.17) is 14.2 Å². The second-order valence-corrected chi connectivity index (χ2v) is 18.4. The van der Waals surface area contributed by atoms with Gasteiger partial charge in [-0.2, -0.15) is 5.10 Å². The number of hydrogen-bond donors (Lipinski definition) is 2. The fourth-order valence-electron chi connectivity index (χ4n) is 11.2. The van der Waals surface area contributed by atoms with Crippen LogP contribution in [0.4, 0.5) is 0 Å². The topological polar surface area (TPSA) is 193 Å². The predicted molar refractivity (Wildman–Crippen MR) is 206 cm³/mol. The third-order valence-corrected chi connectivity index (χ3v) is 14.2. The Balaban J connectivity index is 1.26. The van der Waals surface area contributed by atoms with Gasteiger partial charge in [-0.25, -0.2) is 14.0 Å². The Kier molecular flexibility index (Phi) is 10.3. The number of Topliss-reactive ketones (excluding diaryl/α,β-unsaturated/α-hetero) is 2. The summed E-state index contributed by atoms with van der Waals surface area (Å²) in [6.07, 6.45) is 4.17. The van der Waals surface area contributed by atoms with Gasteiger partial charge in [0.1, 0.15) is 35.6 Å². The number of hydrogen-bond acceptors (Lipinski definition) is 12. The highest BCUT2D eigenvalue weighted by Gasteiger charge is 2.74. The first-order chi connectivity index (χ1) is 26.3. The molecule has 0 aliphatic heterocycles. The van der Waals surface area contributed by atoms with E-state index < -0.39 is 86.9 Å². The maximum Gasteiger partial charge on any atom is 0.350 e. The summed E-state index contributed by atoms with van der Waals surface area (Å²) in [5.41, 5.74) is -6.39. The Morgan fingerprint density at radius 3 is 2.28 bits per heavy atom. The second-order valence-electron chi connectivity index (χ2n) is 18.4. The molecular weight excluding hydrogens is 734 g/mol. The molecule has 1 aromatic carbocycles. The van der Waals surface area contributed by atoms with Crippen LogP contribution in [0.15, 0.2) is 59.2 Å². The van der Waals surface area contributed by atoms with E-state index in [1.165, 1.54) is 44.0 Å². The number of ether oxygens (including phenoxy) is 3. The average Bonchev–Trinajstić information content (AvgIpc) is 3.57. The number of esters is 2. The number of ketones is 3. The van der Waals surface area contributed by atoms with Crippen molar-refractivity contribution in [3.05, 3.63) is 64.9 Å². The van der Waals surface area contributed by atoms with Gasteiger partial charge in [0.25, 0.3) is 0 Å². The highest BCUT2D eigenvalue weighted by Crippen LogP contribution is 2.74. The zero-order valence-electron chi connectivity index (χ0n) is 34.5. The monoisotopic (exact) mass is 789 g/mol. The molecule has 4 aliphatic rings. The molecule has 0 saturated heterocycles. The molecule has 0 radical (unpaired) electrons. The Labute approximate surface area is 332 Å². The summed E-state index contributed by atoms with van der Waals surface area (Å²) in [5, 5.41) is 27.9. The number of aliphatic hydroxyl groups excluding tert-OH is 1. The van der Waals surface area contributed by atoms with Crippen molar-refractivity contribution in [2.45, 2.75) is 118 Å². The van der Waals surface area contributed by atoms with Crippen LogP contribution in [0.5, 0.6) is 5.75 Å². The fourth-order valence-corrected chi connectivity index (χ4v) is 11.2. The molecule has 0 unspecified atom stereocenters. The molecule has 14 nitrogen and oxygen atoms in total. The molecule has 2 N–H and O–H groups in total. The molecule has 308 valence electrons. The maximum absolute atomic E-state index is 14.9. The molecule has 3 fully saturated rings. The lowest BCUT2D eigenvalue weighted by Crippen LogP contribution is -2.65. The van der Waals surface area contributed by atoms with Crippen LogP contribution in [0, 0.1) is 39.4 Å². The average molecular weight is 790 g/mol.